The molecule has 2 aromatic carbocycles. The number of carboxylic acids is 1. The highest BCUT2D eigenvalue weighted by Crippen LogP contribution is 2.34. The van der Waals surface area contributed by atoms with Gasteiger partial charge in [-0.05, 0) is 42.7 Å². The molecule has 1 aromatic heterocycles. The predicted molar refractivity (Wildman–Crippen MR) is 104 cm³/mol. The first-order chi connectivity index (χ1) is 13.9. The molecule has 4 rings (SSSR count). The van der Waals surface area contributed by atoms with E-state index in [2.05, 4.69) is 4.98 Å². The number of benzene rings is 2. The molecule has 2 N–H and O–H groups in total. The van der Waals surface area contributed by atoms with E-state index in [-0.39, 0.29) is 17.2 Å². The number of hydrogen-bond acceptors (Lipinski definition) is 2. The monoisotopic (exact) mass is 396 g/mol. The quantitative estimate of drug-likeness (QED) is 0.691. The Labute approximate surface area is 165 Å². The molecule has 29 heavy (non-hydrogen) atoms. The number of aromatic nitrogens is 1. The van der Waals surface area contributed by atoms with E-state index in [1.807, 2.05) is 31.2 Å². The van der Waals surface area contributed by atoms with Crippen LogP contribution in [0.3, 0.4) is 0 Å². The van der Waals surface area contributed by atoms with Crippen LogP contribution in [0.5, 0.6) is 0 Å². The van der Waals surface area contributed by atoms with E-state index in [1.165, 1.54) is 17.2 Å². The van der Waals surface area contributed by atoms with Crippen molar-refractivity contribution in [2.75, 3.05) is 0 Å². The summed E-state index contributed by atoms with van der Waals surface area (Å²) in [5.41, 5.74) is 2.00. The van der Waals surface area contributed by atoms with E-state index in [4.69, 9.17) is 0 Å². The molecule has 1 aliphatic heterocycles. The Bertz CT molecular complexity index is 1170. The molecule has 0 fully saturated rings. The predicted octanol–water partition coefficient (Wildman–Crippen LogP) is 4.35. The van der Waals surface area contributed by atoms with Crippen molar-refractivity contribution in [3.05, 3.63) is 77.1 Å². The number of halogens is 2. The SMILES string of the molecule is CCC1Cc2c([nH]c3ccccc23)C(C(=O)O)=CN1C(=O)c1ccc(F)c(F)c1. The number of aliphatic carboxylic acids is 1. The van der Waals surface area contributed by atoms with Crippen LogP contribution in [-0.2, 0) is 11.2 Å². The van der Waals surface area contributed by atoms with Crippen LogP contribution in [-0.4, -0.2) is 32.9 Å². The lowest BCUT2D eigenvalue weighted by Gasteiger charge is -2.27. The standard InChI is InChI=1S/C22H18F2N2O3/c1-2-13-10-15-14-5-3-4-6-19(14)25-20(15)16(22(28)29)11-26(13)21(27)12-7-8-17(23)18(24)9-12/h3-9,11,13,25H,2,10H2,1H3,(H,28,29). The molecule has 1 unspecified atom stereocenters. The van der Waals surface area contributed by atoms with Crippen molar-refractivity contribution in [1.82, 2.24) is 9.88 Å². The van der Waals surface area contributed by atoms with Gasteiger partial charge in [-0.15, -0.1) is 0 Å². The molecular formula is C22H18F2N2O3. The summed E-state index contributed by atoms with van der Waals surface area (Å²) in [6.45, 7) is 1.89. The van der Waals surface area contributed by atoms with Crippen LogP contribution in [0, 0.1) is 11.6 Å². The third-order valence-electron chi connectivity index (χ3n) is 5.29. The first-order valence-electron chi connectivity index (χ1n) is 9.23. The normalized spacial score (nSPS) is 16.3. The smallest absolute Gasteiger partial charge is 0.339 e. The van der Waals surface area contributed by atoms with Crippen molar-refractivity contribution < 1.29 is 23.5 Å². The van der Waals surface area contributed by atoms with Crippen LogP contribution in [0.25, 0.3) is 16.5 Å². The van der Waals surface area contributed by atoms with Crippen molar-refractivity contribution >= 4 is 28.4 Å². The molecule has 0 radical (unpaired) electrons. The number of para-hydroxylation sites is 1. The second kappa shape index (κ2) is 7.16. The van der Waals surface area contributed by atoms with Crippen LogP contribution < -0.4 is 0 Å². The molecule has 0 saturated carbocycles. The highest BCUT2D eigenvalue weighted by Gasteiger charge is 2.32. The van der Waals surface area contributed by atoms with Gasteiger partial charge in [0.1, 0.15) is 0 Å². The summed E-state index contributed by atoms with van der Waals surface area (Å²) in [5.74, 6) is -3.94. The number of carbonyl (C=O) groups is 2. The Balaban J connectivity index is 1.86. The van der Waals surface area contributed by atoms with Crippen molar-refractivity contribution in [3.8, 4) is 0 Å². The molecule has 5 nitrogen and oxygen atoms in total. The Kier molecular flexibility index (Phi) is 4.66. The summed E-state index contributed by atoms with van der Waals surface area (Å²) in [5, 5.41) is 10.7. The Morgan fingerprint density at radius 1 is 1.17 bits per heavy atom. The van der Waals surface area contributed by atoms with Gasteiger partial charge in [-0.3, -0.25) is 4.79 Å². The zero-order valence-electron chi connectivity index (χ0n) is 15.6. The topological polar surface area (TPSA) is 73.4 Å². The zero-order valence-corrected chi connectivity index (χ0v) is 15.6. The third kappa shape index (κ3) is 3.18. The second-order valence-electron chi connectivity index (χ2n) is 6.98. The molecule has 1 amide bonds. The highest BCUT2D eigenvalue weighted by molar-refractivity contribution is 6.17. The van der Waals surface area contributed by atoms with Gasteiger partial charge in [-0.25, -0.2) is 13.6 Å². The fourth-order valence-electron chi connectivity index (χ4n) is 3.79. The van der Waals surface area contributed by atoms with E-state index < -0.39 is 23.5 Å². The van der Waals surface area contributed by atoms with Crippen molar-refractivity contribution in [2.24, 2.45) is 0 Å². The van der Waals surface area contributed by atoms with E-state index in [9.17, 15) is 23.5 Å². The van der Waals surface area contributed by atoms with Crippen LogP contribution >= 0.6 is 0 Å². The first-order valence-corrected chi connectivity index (χ1v) is 9.23. The summed E-state index contributed by atoms with van der Waals surface area (Å²) in [7, 11) is 0. The van der Waals surface area contributed by atoms with Gasteiger partial charge in [-0.2, -0.15) is 0 Å². The lowest BCUT2D eigenvalue weighted by atomic mass is 9.99. The Hall–Kier alpha value is -3.48. The fraction of sp³-hybridized carbons (Fsp3) is 0.182. The average Bonchev–Trinajstić information content (AvgIpc) is 2.97. The maximum atomic E-state index is 13.7. The Morgan fingerprint density at radius 3 is 2.62 bits per heavy atom. The minimum Gasteiger partial charge on any atom is -0.478 e. The van der Waals surface area contributed by atoms with Gasteiger partial charge in [-0.1, -0.05) is 25.1 Å². The number of carbonyl (C=O) groups excluding carboxylic acids is 1. The summed E-state index contributed by atoms with van der Waals surface area (Å²) in [6.07, 6.45) is 2.28. The molecular weight excluding hydrogens is 378 g/mol. The molecule has 0 aliphatic carbocycles. The third-order valence-corrected chi connectivity index (χ3v) is 5.29. The van der Waals surface area contributed by atoms with Crippen LogP contribution in [0.4, 0.5) is 8.78 Å². The molecule has 1 aliphatic rings. The summed E-state index contributed by atoms with van der Waals surface area (Å²) in [4.78, 5) is 29.6. The zero-order chi connectivity index (χ0) is 20.7. The van der Waals surface area contributed by atoms with E-state index >= 15 is 0 Å². The van der Waals surface area contributed by atoms with E-state index in [0.29, 0.717) is 18.5 Å². The van der Waals surface area contributed by atoms with Gasteiger partial charge < -0.3 is 15.0 Å². The Morgan fingerprint density at radius 2 is 1.93 bits per heavy atom. The molecule has 7 heteroatoms. The molecule has 0 spiro atoms. The molecule has 1 atom stereocenters. The van der Waals surface area contributed by atoms with Gasteiger partial charge in [0.25, 0.3) is 5.91 Å². The molecule has 0 saturated heterocycles. The summed E-state index contributed by atoms with van der Waals surface area (Å²) >= 11 is 0. The number of amides is 1. The van der Waals surface area contributed by atoms with Crippen LogP contribution in [0.1, 0.15) is 35.0 Å². The lowest BCUT2D eigenvalue weighted by Crippen LogP contribution is -2.37. The maximum absolute atomic E-state index is 13.7. The molecule has 148 valence electrons. The van der Waals surface area contributed by atoms with Gasteiger partial charge >= 0.3 is 5.97 Å². The minimum atomic E-state index is -1.18. The van der Waals surface area contributed by atoms with Crippen molar-refractivity contribution in [1.29, 1.82) is 0 Å². The summed E-state index contributed by atoms with van der Waals surface area (Å²) in [6, 6.07) is 10.1. The fourth-order valence-corrected chi connectivity index (χ4v) is 3.79. The van der Waals surface area contributed by atoms with E-state index in [1.54, 1.807) is 0 Å². The second-order valence-corrected chi connectivity index (χ2v) is 6.98. The molecule has 2 heterocycles. The van der Waals surface area contributed by atoms with Crippen LogP contribution in [0.2, 0.25) is 0 Å². The van der Waals surface area contributed by atoms with Crippen molar-refractivity contribution in [2.45, 2.75) is 25.8 Å². The average molecular weight is 396 g/mol. The number of nitrogens with one attached hydrogen (secondary N) is 1. The number of carboxylic acid groups (broad SMARTS) is 1. The first kappa shape index (κ1) is 18.9. The summed E-state index contributed by atoms with van der Waals surface area (Å²) < 4.78 is 26.9. The number of H-pyrrole nitrogens is 1. The largest absolute Gasteiger partial charge is 0.478 e. The van der Waals surface area contributed by atoms with Gasteiger partial charge in [0, 0.05) is 28.7 Å². The van der Waals surface area contributed by atoms with Gasteiger partial charge in [0.2, 0.25) is 0 Å². The maximum Gasteiger partial charge on any atom is 0.339 e. The van der Waals surface area contributed by atoms with Gasteiger partial charge in [0.05, 0.1) is 11.3 Å². The van der Waals surface area contributed by atoms with Gasteiger partial charge in [0.15, 0.2) is 11.6 Å². The highest BCUT2D eigenvalue weighted by atomic mass is 19.2. The number of hydrogen-bond donors (Lipinski definition) is 2. The molecule has 3 aromatic rings. The van der Waals surface area contributed by atoms with Crippen LogP contribution in [0.15, 0.2) is 48.7 Å². The number of rotatable bonds is 3. The van der Waals surface area contributed by atoms with E-state index in [0.717, 1.165) is 28.6 Å². The molecule has 0 bridgehead atoms. The number of aromatic amines is 1. The minimum absolute atomic E-state index is 0.0428. The number of fused-ring (bicyclic) bond motifs is 3. The number of nitrogens with zero attached hydrogens (tertiary/aromatic N) is 1. The van der Waals surface area contributed by atoms with Crippen molar-refractivity contribution in [3.63, 3.8) is 0 Å². The lowest BCUT2D eigenvalue weighted by molar-refractivity contribution is -0.130.